The van der Waals surface area contributed by atoms with Crippen molar-refractivity contribution >= 4 is 17.6 Å². The third kappa shape index (κ3) is 2.43. The topological polar surface area (TPSA) is 61.3 Å². The molecular formula is C13H15ClN2O2. The van der Waals surface area contributed by atoms with Gasteiger partial charge in [0.2, 0.25) is 0 Å². The normalized spacial score (nSPS) is 10.6. The van der Waals surface area contributed by atoms with Gasteiger partial charge >= 0.3 is 0 Å². The fourth-order valence-corrected chi connectivity index (χ4v) is 1.99. The first-order valence-electron chi connectivity index (χ1n) is 5.83. The molecule has 1 heterocycles. The molecule has 1 aromatic heterocycles. The summed E-state index contributed by atoms with van der Waals surface area (Å²) in [6.07, 6.45) is 0.727. The van der Waals surface area contributed by atoms with Gasteiger partial charge in [0, 0.05) is 12.0 Å². The first-order chi connectivity index (χ1) is 8.65. The number of hydrogen-bond acceptors (Lipinski definition) is 4. The number of anilines is 1. The molecule has 1 aromatic carbocycles. The van der Waals surface area contributed by atoms with Crippen LogP contribution in [0.4, 0.5) is 6.01 Å². The Morgan fingerprint density at radius 3 is 2.78 bits per heavy atom. The van der Waals surface area contributed by atoms with E-state index in [-0.39, 0.29) is 6.01 Å². The van der Waals surface area contributed by atoms with E-state index in [1.54, 1.807) is 0 Å². The van der Waals surface area contributed by atoms with Crippen LogP contribution in [0.2, 0.25) is 5.02 Å². The lowest BCUT2D eigenvalue weighted by atomic mass is 10.1. The van der Waals surface area contributed by atoms with Crippen molar-refractivity contribution in [3.05, 3.63) is 29.0 Å². The van der Waals surface area contributed by atoms with Crippen molar-refractivity contribution in [2.45, 2.75) is 20.3 Å². The molecule has 0 aliphatic heterocycles. The van der Waals surface area contributed by atoms with Gasteiger partial charge < -0.3 is 14.9 Å². The van der Waals surface area contributed by atoms with Crippen LogP contribution in [0.25, 0.3) is 11.3 Å². The molecule has 2 N–H and O–H groups in total. The van der Waals surface area contributed by atoms with Crippen molar-refractivity contribution in [3.8, 4) is 17.0 Å². The number of nitrogens with zero attached hydrogens (tertiary/aromatic N) is 1. The lowest BCUT2D eigenvalue weighted by molar-refractivity contribution is 0.340. The largest absolute Gasteiger partial charge is 0.492 e. The Kier molecular flexibility index (Phi) is 3.77. The summed E-state index contributed by atoms with van der Waals surface area (Å²) in [7, 11) is 0. The third-order valence-electron chi connectivity index (χ3n) is 2.54. The summed E-state index contributed by atoms with van der Waals surface area (Å²) < 4.78 is 10.7. The molecule has 0 amide bonds. The second-order valence-corrected chi connectivity index (χ2v) is 4.16. The van der Waals surface area contributed by atoms with Gasteiger partial charge in [-0.05, 0) is 25.1 Å². The smallest absolute Gasteiger partial charge is 0.292 e. The molecule has 2 rings (SSSR count). The Balaban J connectivity index is 2.41. The van der Waals surface area contributed by atoms with Crippen LogP contribution in [0, 0.1) is 0 Å². The summed E-state index contributed by atoms with van der Waals surface area (Å²) in [5.74, 6) is 1.42. The van der Waals surface area contributed by atoms with Crippen LogP contribution in [-0.4, -0.2) is 11.6 Å². The number of oxazole rings is 1. The molecule has 18 heavy (non-hydrogen) atoms. The molecule has 0 aliphatic rings. The second-order valence-electron chi connectivity index (χ2n) is 3.76. The fraction of sp³-hybridized carbons (Fsp3) is 0.308. The highest BCUT2D eigenvalue weighted by atomic mass is 35.5. The maximum Gasteiger partial charge on any atom is 0.292 e. The molecule has 0 unspecified atom stereocenters. The molecule has 2 aromatic rings. The van der Waals surface area contributed by atoms with E-state index in [0.717, 1.165) is 23.4 Å². The Labute approximate surface area is 111 Å². The zero-order valence-corrected chi connectivity index (χ0v) is 11.1. The monoisotopic (exact) mass is 266 g/mol. The van der Waals surface area contributed by atoms with E-state index in [1.807, 2.05) is 32.0 Å². The van der Waals surface area contributed by atoms with Crippen molar-refractivity contribution in [1.29, 1.82) is 0 Å². The molecule has 0 bridgehead atoms. The molecular weight excluding hydrogens is 252 g/mol. The van der Waals surface area contributed by atoms with Gasteiger partial charge in [0.1, 0.15) is 17.2 Å². The van der Waals surface area contributed by atoms with Crippen molar-refractivity contribution in [3.63, 3.8) is 0 Å². The van der Waals surface area contributed by atoms with Crippen LogP contribution in [-0.2, 0) is 6.42 Å². The molecule has 0 fully saturated rings. The Hall–Kier alpha value is -1.68. The van der Waals surface area contributed by atoms with Gasteiger partial charge in [-0.2, -0.15) is 4.98 Å². The van der Waals surface area contributed by atoms with Gasteiger partial charge in [-0.25, -0.2) is 0 Å². The minimum absolute atomic E-state index is 0.173. The molecule has 4 nitrogen and oxygen atoms in total. The molecule has 96 valence electrons. The van der Waals surface area contributed by atoms with E-state index in [9.17, 15) is 0 Å². The summed E-state index contributed by atoms with van der Waals surface area (Å²) in [5, 5.41) is 0.554. The van der Waals surface area contributed by atoms with Crippen molar-refractivity contribution in [2.75, 3.05) is 12.3 Å². The van der Waals surface area contributed by atoms with E-state index < -0.39 is 0 Å². The Morgan fingerprint density at radius 1 is 1.39 bits per heavy atom. The van der Waals surface area contributed by atoms with Crippen molar-refractivity contribution < 1.29 is 9.15 Å². The summed E-state index contributed by atoms with van der Waals surface area (Å²) in [4.78, 5) is 4.18. The molecule has 0 saturated heterocycles. The summed E-state index contributed by atoms with van der Waals surface area (Å²) in [6.45, 7) is 4.48. The predicted octanol–water partition coefficient (Wildman–Crippen LogP) is 3.54. The van der Waals surface area contributed by atoms with E-state index >= 15 is 0 Å². The van der Waals surface area contributed by atoms with Crippen molar-refractivity contribution in [1.82, 2.24) is 4.98 Å². The van der Waals surface area contributed by atoms with Gasteiger partial charge in [0.05, 0.1) is 11.6 Å². The quantitative estimate of drug-likeness (QED) is 0.919. The van der Waals surface area contributed by atoms with Crippen LogP contribution < -0.4 is 10.5 Å². The highest BCUT2D eigenvalue weighted by Gasteiger charge is 2.13. The van der Waals surface area contributed by atoms with Crippen LogP contribution >= 0.6 is 11.6 Å². The number of ether oxygens (including phenoxy) is 1. The zero-order chi connectivity index (χ0) is 13.1. The number of rotatable bonds is 4. The van der Waals surface area contributed by atoms with E-state index in [0.29, 0.717) is 17.4 Å². The standard InChI is InChI=1S/C13H15ClN2O2/c1-3-10-12(16-13(15)18-10)8-5-6-11(17-4-2)9(14)7-8/h5-7H,3-4H2,1-2H3,(H2,15,16). The average Bonchev–Trinajstić information content (AvgIpc) is 2.73. The van der Waals surface area contributed by atoms with E-state index in [2.05, 4.69) is 4.98 Å². The lowest BCUT2D eigenvalue weighted by Crippen LogP contribution is -1.93. The first kappa shape index (κ1) is 12.8. The summed E-state index contributed by atoms with van der Waals surface area (Å²) >= 11 is 6.15. The Bertz CT molecular complexity index is 552. The van der Waals surface area contributed by atoms with E-state index in [1.165, 1.54) is 0 Å². The molecule has 0 radical (unpaired) electrons. The van der Waals surface area contributed by atoms with Crippen LogP contribution in [0.15, 0.2) is 22.6 Å². The number of benzene rings is 1. The lowest BCUT2D eigenvalue weighted by Gasteiger charge is -2.06. The number of aryl methyl sites for hydroxylation is 1. The summed E-state index contributed by atoms with van der Waals surface area (Å²) in [6, 6.07) is 5.70. The van der Waals surface area contributed by atoms with Gasteiger partial charge in [0.15, 0.2) is 0 Å². The molecule has 0 aliphatic carbocycles. The van der Waals surface area contributed by atoms with Gasteiger partial charge in [-0.3, -0.25) is 0 Å². The number of nitrogen functional groups attached to an aromatic ring is 1. The Morgan fingerprint density at radius 2 is 2.17 bits per heavy atom. The van der Waals surface area contributed by atoms with Crippen LogP contribution in [0.5, 0.6) is 5.75 Å². The summed E-state index contributed by atoms with van der Waals surface area (Å²) in [5.41, 5.74) is 7.18. The minimum Gasteiger partial charge on any atom is -0.492 e. The molecule has 0 atom stereocenters. The van der Waals surface area contributed by atoms with Crippen molar-refractivity contribution in [2.24, 2.45) is 0 Å². The maximum absolute atomic E-state index is 6.15. The SMILES string of the molecule is CCOc1ccc(-c2nc(N)oc2CC)cc1Cl. The maximum atomic E-state index is 6.15. The highest BCUT2D eigenvalue weighted by molar-refractivity contribution is 6.32. The number of halogens is 1. The third-order valence-corrected chi connectivity index (χ3v) is 2.84. The molecule has 5 heteroatoms. The number of nitrogens with two attached hydrogens (primary N) is 1. The second kappa shape index (κ2) is 5.31. The molecule has 0 spiro atoms. The molecule has 0 saturated carbocycles. The van der Waals surface area contributed by atoms with Crippen LogP contribution in [0.3, 0.4) is 0 Å². The number of aromatic nitrogens is 1. The average molecular weight is 267 g/mol. The zero-order valence-electron chi connectivity index (χ0n) is 10.4. The van der Waals surface area contributed by atoms with E-state index in [4.69, 9.17) is 26.5 Å². The predicted molar refractivity (Wildman–Crippen MR) is 71.9 cm³/mol. The number of hydrogen-bond donors (Lipinski definition) is 1. The van der Waals surface area contributed by atoms with Gasteiger partial charge in [-0.1, -0.05) is 18.5 Å². The highest BCUT2D eigenvalue weighted by Crippen LogP contribution is 2.32. The van der Waals surface area contributed by atoms with Gasteiger partial charge in [0.25, 0.3) is 6.01 Å². The minimum atomic E-state index is 0.173. The fourth-order valence-electron chi connectivity index (χ4n) is 1.76. The van der Waals surface area contributed by atoms with Crippen LogP contribution in [0.1, 0.15) is 19.6 Å². The first-order valence-corrected chi connectivity index (χ1v) is 6.21. The van der Waals surface area contributed by atoms with Gasteiger partial charge in [-0.15, -0.1) is 0 Å².